The van der Waals surface area contributed by atoms with Gasteiger partial charge in [0.15, 0.2) is 0 Å². The summed E-state index contributed by atoms with van der Waals surface area (Å²) >= 11 is 0. The van der Waals surface area contributed by atoms with E-state index in [9.17, 15) is 13.2 Å². The molecule has 0 bridgehead atoms. The van der Waals surface area contributed by atoms with Crippen LogP contribution in [0.25, 0.3) is 0 Å². The lowest BCUT2D eigenvalue weighted by Gasteiger charge is -2.16. The van der Waals surface area contributed by atoms with Crippen molar-refractivity contribution in [3.8, 4) is 0 Å². The van der Waals surface area contributed by atoms with Gasteiger partial charge < -0.3 is 5.32 Å². The molecule has 2 fully saturated rings. The van der Waals surface area contributed by atoms with Crippen LogP contribution in [0.4, 0.5) is 18.9 Å². The number of benzene rings is 1. The first-order chi connectivity index (χ1) is 8.50. The van der Waals surface area contributed by atoms with Crippen LogP contribution in [-0.4, -0.2) is 6.54 Å². The summed E-state index contributed by atoms with van der Waals surface area (Å²) in [4.78, 5) is 0. The van der Waals surface area contributed by atoms with Gasteiger partial charge in [-0.3, -0.25) is 0 Å². The molecule has 0 aliphatic heterocycles. The van der Waals surface area contributed by atoms with Crippen molar-refractivity contribution in [3.63, 3.8) is 0 Å². The third-order valence-corrected chi connectivity index (χ3v) is 4.19. The third-order valence-electron chi connectivity index (χ3n) is 4.19. The van der Waals surface area contributed by atoms with E-state index in [-0.39, 0.29) is 0 Å². The van der Waals surface area contributed by atoms with Gasteiger partial charge in [0.05, 0.1) is 5.56 Å². The van der Waals surface area contributed by atoms with Crippen LogP contribution in [-0.2, 0) is 6.18 Å². The van der Waals surface area contributed by atoms with Crippen molar-refractivity contribution >= 4 is 5.69 Å². The Bertz CT molecular complexity index is 427. The quantitative estimate of drug-likeness (QED) is 0.845. The zero-order valence-electron chi connectivity index (χ0n) is 10.1. The molecule has 2 saturated carbocycles. The van der Waals surface area contributed by atoms with Gasteiger partial charge in [0, 0.05) is 12.2 Å². The maximum atomic E-state index is 12.4. The molecule has 0 saturated heterocycles. The summed E-state index contributed by atoms with van der Waals surface area (Å²) in [6.45, 7) is 0.906. The van der Waals surface area contributed by atoms with Gasteiger partial charge >= 0.3 is 6.18 Å². The monoisotopic (exact) mass is 255 g/mol. The molecule has 18 heavy (non-hydrogen) atoms. The molecule has 0 spiro atoms. The molecule has 0 atom stereocenters. The van der Waals surface area contributed by atoms with Crippen LogP contribution in [0, 0.1) is 11.3 Å². The minimum absolute atomic E-state index is 0.461. The van der Waals surface area contributed by atoms with Gasteiger partial charge in [-0.25, -0.2) is 0 Å². The molecule has 0 heterocycles. The summed E-state index contributed by atoms with van der Waals surface area (Å²) in [5.41, 5.74) is 0.661. The summed E-state index contributed by atoms with van der Waals surface area (Å²) in [5.74, 6) is 0.861. The molecule has 0 unspecified atom stereocenters. The Kier molecular flexibility index (Phi) is 2.57. The largest absolute Gasteiger partial charge is 0.416 e. The summed E-state index contributed by atoms with van der Waals surface area (Å²) in [6.07, 6.45) is 0.949. The Labute approximate surface area is 104 Å². The number of rotatable bonds is 4. The van der Waals surface area contributed by atoms with Crippen molar-refractivity contribution in [2.24, 2.45) is 11.3 Å². The van der Waals surface area contributed by atoms with Crippen LogP contribution in [0.1, 0.15) is 31.2 Å². The number of hydrogen-bond donors (Lipinski definition) is 1. The van der Waals surface area contributed by atoms with Crippen molar-refractivity contribution in [2.45, 2.75) is 31.9 Å². The number of hydrogen-bond acceptors (Lipinski definition) is 1. The minimum atomic E-state index is -4.25. The van der Waals surface area contributed by atoms with Gasteiger partial charge in [-0.2, -0.15) is 13.2 Å². The molecule has 1 aromatic rings. The van der Waals surface area contributed by atoms with Crippen molar-refractivity contribution < 1.29 is 13.2 Å². The Balaban J connectivity index is 1.60. The van der Waals surface area contributed by atoms with Crippen LogP contribution in [0.2, 0.25) is 0 Å². The molecule has 3 rings (SSSR count). The fourth-order valence-corrected chi connectivity index (χ4v) is 2.64. The Morgan fingerprint density at radius 1 is 1.11 bits per heavy atom. The van der Waals surface area contributed by atoms with Gasteiger partial charge in [0.25, 0.3) is 0 Å². The Hall–Kier alpha value is -1.19. The average Bonchev–Trinajstić information content (AvgIpc) is 3.17. The number of alkyl halides is 3. The number of halogens is 3. The highest BCUT2D eigenvalue weighted by Gasteiger charge is 2.53. The first-order valence-corrected chi connectivity index (χ1v) is 6.41. The Morgan fingerprint density at radius 3 is 2.17 bits per heavy atom. The van der Waals surface area contributed by atoms with Crippen LogP contribution < -0.4 is 5.32 Å². The van der Waals surface area contributed by atoms with Crippen LogP contribution in [0.5, 0.6) is 0 Å². The second-order valence-corrected chi connectivity index (χ2v) is 5.57. The Morgan fingerprint density at radius 2 is 1.72 bits per heavy atom. The molecule has 2 aliphatic carbocycles. The van der Waals surface area contributed by atoms with Crippen LogP contribution in [0.15, 0.2) is 24.3 Å². The zero-order chi connectivity index (χ0) is 12.8. The average molecular weight is 255 g/mol. The molecule has 2 aliphatic rings. The van der Waals surface area contributed by atoms with Crippen molar-refractivity contribution in [2.75, 3.05) is 11.9 Å². The van der Waals surface area contributed by atoms with E-state index < -0.39 is 11.7 Å². The predicted molar refractivity (Wildman–Crippen MR) is 64.3 cm³/mol. The second-order valence-electron chi connectivity index (χ2n) is 5.57. The molecule has 0 aromatic heterocycles. The van der Waals surface area contributed by atoms with E-state index in [1.54, 1.807) is 0 Å². The van der Waals surface area contributed by atoms with Gasteiger partial charge in [-0.1, -0.05) is 0 Å². The maximum Gasteiger partial charge on any atom is 0.416 e. The molecule has 98 valence electrons. The van der Waals surface area contributed by atoms with E-state index in [2.05, 4.69) is 5.32 Å². The van der Waals surface area contributed by atoms with E-state index >= 15 is 0 Å². The summed E-state index contributed by atoms with van der Waals surface area (Å²) < 4.78 is 37.2. The molecule has 0 amide bonds. The lowest BCUT2D eigenvalue weighted by Crippen LogP contribution is -2.17. The molecule has 0 radical (unpaired) electrons. The van der Waals surface area contributed by atoms with E-state index in [0.29, 0.717) is 5.41 Å². The molecular weight excluding hydrogens is 239 g/mol. The van der Waals surface area contributed by atoms with Gasteiger partial charge in [0.2, 0.25) is 0 Å². The van der Waals surface area contributed by atoms with E-state index in [4.69, 9.17) is 0 Å². The van der Waals surface area contributed by atoms with E-state index in [0.717, 1.165) is 30.3 Å². The van der Waals surface area contributed by atoms with Crippen molar-refractivity contribution in [3.05, 3.63) is 29.8 Å². The van der Waals surface area contributed by atoms with Crippen LogP contribution in [0.3, 0.4) is 0 Å². The fourth-order valence-electron chi connectivity index (χ4n) is 2.64. The lowest BCUT2D eigenvalue weighted by atomic mass is 10.0. The second kappa shape index (κ2) is 3.90. The van der Waals surface area contributed by atoms with E-state index in [1.807, 2.05) is 0 Å². The predicted octanol–water partition coefficient (Wildman–Crippen LogP) is 4.31. The van der Waals surface area contributed by atoms with Crippen LogP contribution >= 0.6 is 0 Å². The maximum absolute atomic E-state index is 12.4. The highest BCUT2D eigenvalue weighted by molar-refractivity contribution is 5.45. The summed E-state index contributed by atoms with van der Waals surface area (Å²) in [7, 11) is 0. The smallest absolute Gasteiger partial charge is 0.384 e. The molecule has 4 heteroatoms. The minimum Gasteiger partial charge on any atom is -0.384 e. The third kappa shape index (κ3) is 2.33. The topological polar surface area (TPSA) is 12.0 Å². The van der Waals surface area contributed by atoms with Crippen molar-refractivity contribution in [1.82, 2.24) is 0 Å². The fraction of sp³-hybridized carbons (Fsp3) is 0.571. The zero-order valence-corrected chi connectivity index (χ0v) is 10.1. The normalized spacial score (nSPS) is 21.7. The number of nitrogens with one attached hydrogen (secondary N) is 1. The van der Waals surface area contributed by atoms with Gasteiger partial charge in [-0.05, 0) is 61.3 Å². The molecule has 1 nitrogen and oxygen atoms in total. The molecule has 1 aromatic carbocycles. The van der Waals surface area contributed by atoms with Gasteiger partial charge in [-0.15, -0.1) is 0 Å². The molecule has 1 N–H and O–H groups in total. The highest BCUT2D eigenvalue weighted by Crippen LogP contribution is 2.61. The SMILES string of the molecule is FC(F)(F)c1ccc(NCC2(C3CC3)CC2)cc1. The first-order valence-electron chi connectivity index (χ1n) is 6.41. The van der Waals surface area contributed by atoms with Crippen molar-refractivity contribution in [1.29, 1.82) is 0 Å². The summed E-state index contributed by atoms with van der Waals surface area (Å²) in [5, 5.41) is 3.28. The number of anilines is 1. The summed E-state index contributed by atoms with van der Waals surface area (Å²) in [6, 6.07) is 5.32. The first kappa shape index (κ1) is 11.9. The van der Waals surface area contributed by atoms with E-state index in [1.165, 1.54) is 37.8 Å². The lowest BCUT2D eigenvalue weighted by molar-refractivity contribution is -0.137. The highest BCUT2D eigenvalue weighted by atomic mass is 19.4. The standard InChI is InChI=1S/C14H16F3N/c15-14(16,17)11-3-5-12(6-4-11)18-9-13(7-8-13)10-1-2-10/h3-6,10,18H,1-2,7-9H2. The molecular formula is C14H16F3N. The van der Waals surface area contributed by atoms with Gasteiger partial charge in [0.1, 0.15) is 0 Å².